The lowest BCUT2D eigenvalue weighted by Crippen LogP contribution is -2.56. The number of nitrogens with two attached hydrogens (primary N) is 1. The molecule has 4 atom stereocenters. The fourth-order valence-corrected chi connectivity index (χ4v) is 5.61. The number of phosphoric acid groups is 1. The van der Waals surface area contributed by atoms with Gasteiger partial charge in [-0.3, -0.25) is 22.9 Å². The van der Waals surface area contributed by atoms with Crippen LogP contribution in [-0.2, 0) is 33.5 Å². The van der Waals surface area contributed by atoms with Gasteiger partial charge in [0.25, 0.3) is 0 Å². The van der Waals surface area contributed by atoms with Crippen LogP contribution in [0.2, 0.25) is 0 Å². The normalized spacial score (nSPS) is 34.0. The predicted octanol–water partition coefficient (Wildman–Crippen LogP) is 2.43. The zero-order chi connectivity index (χ0) is 22.4. The molecule has 2 aliphatic rings. The Morgan fingerprint density at radius 1 is 1.50 bits per heavy atom. The molecular weight excluding hydrogens is 440 g/mol. The van der Waals surface area contributed by atoms with Crippen LogP contribution in [-0.4, -0.2) is 45.5 Å². The molecule has 0 saturated carbocycles. The average molecular weight is 465 g/mol. The van der Waals surface area contributed by atoms with E-state index in [1.54, 1.807) is 27.7 Å². The molecule has 1 aromatic rings. The predicted molar refractivity (Wildman–Crippen MR) is 107 cm³/mol. The van der Waals surface area contributed by atoms with E-state index in [0.29, 0.717) is 4.57 Å². The topological polar surface area (TPSA) is 132 Å². The lowest BCUT2D eigenvalue weighted by molar-refractivity contribution is -0.137. The summed E-state index contributed by atoms with van der Waals surface area (Å²) in [5.41, 5.74) is 2.65. The zero-order valence-corrected chi connectivity index (χ0v) is 18.8. The van der Waals surface area contributed by atoms with Gasteiger partial charge in [0, 0.05) is 11.6 Å². The van der Waals surface area contributed by atoms with E-state index in [0.717, 1.165) is 18.0 Å². The quantitative estimate of drug-likeness (QED) is 0.511. The van der Waals surface area contributed by atoms with E-state index in [1.165, 1.54) is 6.07 Å². The molecule has 2 saturated heterocycles. The molecule has 0 radical (unpaired) electrons. The summed E-state index contributed by atoms with van der Waals surface area (Å²) in [5, 5.41) is -0.183. The van der Waals surface area contributed by atoms with E-state index in [1.807, 2.05) is 0 Å². The Bertz CT molecular complexity index is 939. The number of thioether (sulfide) groups is 1. The summed E-state index contributed by atoms with van der Waals surface area (Å²) >= 11 is 0.809. The number of ether oxygens (including phenoxy) is 1. The number of fused-ring (bicyclic) bond motifs is 1. The van der Waals surface area contributed by atoms with Gasteiger partial charge in [-0.15, -0.1) is 0 Å². The summed E-state index contributed by atoms with van der Waals surface area (Å²) in [7, 11) is -4.23. The molecular formula is C17H25FN3O7PS. The van der Waals surface area contributed by atoms with Gasteiger partial charge in [-0.05, 0) is 12.5 Å². The molecule has 0 aliphatic carbocycles. The lowest BCUT2D eigenvalue weighted by Gasteiger charge is -2.41. The molecule has 10 nitrogen and oxygen atoms in total. The highest BCUT2D eigenvalue weighted by Gasteiger charge is 2.66. The van der Waals surface area contributed by atoms with Gasteiger partial charge >= 0.3 is 13.5 Å². The van der Waals surface area contributed by atoms with E-state index in [-0.39, 0.29) is 29.9 Å². The van der Waals surface area contributed by atoms with Gasteiger partial charge < -0.3 is 10.5 Å². The van der Waals surface area contributed by atoms with E-state index in [4.69, 9.17) is 24.0 Å². The summed E-state index contributed by atoms with van der Waals surface area (Å²) < 4.78 is 51.4. The van der Waals surface area contributed by atoms with Crippen LogP contribution in [0.25, 0.3) is 0 Å². The molecule has 3 heterocycles. The number of carbonyl (C=O) groups is 1. The largest absolute Gasteiger partial charge is 0.476 e. The second kappa shape index (κ2) is 7.99. The van der Waals surface area contributed by atoms with Crippen molar-refractivity contribution in [2.24, 2.45) is 5.41 Å². The maximum absolute atomic E-state index is 16.1. The van der Waals surface area contributed by atoms with Crippen LogP contribution >= 0.6 is 19.6 Å². The number of nitrogen functional groups attached to an aromatic ring is 1. The van der Waals surface area contributed by atoms with E-state index in [2.05, 4.69) is 4.98 Å². The number of phosphoric ester groups is 1. The minimum Gasteiger partial charge on any atom is -0.383 e. The van der Waals surface area contributed by atoms with Crippen molar-refractivity contribution < 1.29 is 32.1 Å². The molecule has 0 amide bonds. The van der Waals surface area contributed by atoms with Gasteiger partial charge in [-0.25, -0.2) is 13.8 Å². The third-order valence-electron chi connectivity index (χ3n) is 4.98. The van der Waals surface area contributed by atoms with Crippen molar-refractivity contribution in [3.05, 3.63) is 22.7 Å². The number of hydrogen-bond acceptors (Lipinski definition) is 10. The summed E-state index contributed by atoms with van der Waals surface area (Å²) in [6.45, 7) is 6.12. The maximum Gasteiger partial charge on any atom is 0.476 e. The van der Waals surface area contributed by atoms with Crippen molar-refractivity contribution in [2.45, 2.75) is 51.6 Å². The third kappa shape index (κ3) is 4.21. The van der Waals surface area contributed by atoms with Crippen molar-refractivity contribution in [3.63, 3.8) is 0 Å². The maximum atomic E-state index is 16.1. The molecule has 2 fully saturated rings. The monoisotopic (exact) mass is 465 g/mol. The highest BCUT2D eigenvalue weighted by Crippen LogP contribution is 2.61. The Hall–Kier alpha value is -1.30. The standard InChI is InChI=1S/C17H25FN3O7PS/c1-5-16-8-26-29(24,27-10-30-13(22)15(2,3)4)28-12(16)17(18,9-25-16)21-7-6-11(19)20-14(21)23/h6-7,12H,5,8-10H2,1-4H3,(H2,19,20,23)/t12-,16-,17+,29?/m1/s1. The van der Waals surface area contributed by atoms with Crippen LogP contribution in [0.15, 0.2) is 17.1 Å². The zero-order valence-electron chi connectivity index (χ0n) is 17.1. The molecule has 0 bridgehead atoms. The van der Waals surface area contributed by atoms with Crippen molar-refractivity contribution >= 4 is 30.5 Å². The first-order valence-electron chi connectivity index (χ1n) is 9.28. The first kappa shape index (κ1) is 23.4. The molecule has 3 rings (SSSR count). The summed E-state index contributed by atoms with van der Waals surface area (Å²) in [6, 6.07) is 1.26. The van der Waals surface area contributed by atoms with Gasteiger partial charge in [0.2, 0.25) is 5.79 Å². The second-order valence-corrected chi connectivity index (χ2v) is 10.7. The number of rotatable bonds is 5. The number of aromatic nitrogens is 2. The van der Waals surface area contributed by atoms with E-state index >= 15 is 4.39 Å². The SMILES string of the molecule is CC[C@@]12COP(=O)(OCSC(=O)C(C)(C)C)O[C@H]1[C@@](F)(n1ccc(N)nc1=O)CO2. The van der Waals surface area contributed by atoms with Gasteiger partial charge in [-0.2, -0.15) is 4.98 Å². The Kier molecular flexibility index (Phi) is 6.23. The first-order valence-corrected chi connectivity index (χ1v) is 11.7. The smallest absolute Gasteiger partial charge is 0.383 e. The van der Waals surface area contributed by atoms with Gasteiger partial charge in [0.05, 0.1) is 6.61 Å². The van der Waals surface area contributed by atoms with Gasteiger partial charge in [0.1, 0.15) is 24.0 Å². The van der Waals surface area contributed by atoms with Crippen molar-refractivity contribution in [1.82, 2.24) is 9.55 Å². The molecule has 30 heavy (non-hydrogen) atoms. The van der Waals surface area contributed by atoms with Crippen LogP contribution in [0.4, 0.5) is 10.2 Å². The molecule has 0 spiro atoms. The van der Waals surface area contributed by atoms with Crippen LogP contribution in [0.1, 0.15) is 34.1 Å². The summed E-state index contributed by atoms with van der Waals surface area (Å²) in [5.74, 6) is -2.88. The van der Waals surface area contributed by atoms with Crippen LogP contribution in [0.5, 0.6) is 0 Å². The minimum absolute atomic E-state index is 0.0667. The Morgan fingerprint density at radius 2 is 2.20 bits per heavy atom. The number of alkyl halides is 1. The summed E-state index contributed by atoms with van der Waals surface area (Å²) in [4.78, 5) is 27.8. The highest BCUT2D eigenvalue weighted by molar-refractivity contribution is 8.13. The molecule has 1 unspecified atom stereocenters. The molecule has 2 aliphatic heterocycles. The Labute approximate surface area is 177 Å². The number of carbonyl (C=O) groups excluding carboxylic acids is 1. The number of nitrogens with zero attached hydrogens (tertiary/aromatic N) is 2. The molecule has 2 N–H and O–H groups in total. The third-order valence-corrected chi connectivity index (χ3v) is 7.63. The Morgan fingerprint density at radius 3 is 2.80 bits per heavy atom. The highest BCUT2D eigenvalue weighted by atomic mass is 32.2. The van der Waals surface area contributed by atoms with Crippen molar-refractivity contribution in [2.75, 3.05) is 24.9 Å². The fourth-order valence-electron chi connectivity index (χ4n) is 3.15. The summed E-state index contributed by atoms with van der Waals surface area (Å²) in [6.07, 6.45) is -0.0685. The first-order chi connectivity index (χ1) is 13.9. The molecule has 168 valence electrons. The van der Waals surface area contributed by atoms with E-state index < -0.39 is 43.0 Å². The number of hydrogen-bond donors (Lipinski definition) is 1. The molecule has 1 aromatic heterocycles. The lowest BCUT2D eigenvalue weighted by atomic mass is 9.91. The second-order valence-electron chi connectivity index (χ2n) is 8.17. The number of anilines is 1. The van der Waals surface area contributed by atoms with Crippen LogP contribution < -0.4 is 11.4 Å². The van der Waals surface area contributed by atoms with Gasteiger partial charge in [0.15, 0.2) is 11.2 Å². The minimum atomic E-state index is -4.23. The average Bonchev–Trinajstić information content (AvgIpc) is 2.94. The van der Waals surface area contributed by atoms with Crippen molar-refractivity contribution in [1.29, 1.82) is 0 Å². The fraction of sp³-hybridized carbons (Fsp3) is 0.706. The van der Waals surface area contributed by atoms with E-state index in [9.17, 15) is 14.2 Å². The Balaban J connectivity index is 1.84. The number of halogens is 1. The van der Waals surface area contributed by atoms with Gasteiger partial charge in [-0.1, -0.05) is 39.5 Å². The van der Waals surface area contributed by atoms with Crippen molar-refractivity contribution in [3.8, 4) is 0 Å². The molecule has 13 heteroatoms. The van der Waals surface area contributed by atoms with Crippen LogP contribution in [0, 0.1) is 5.41 Å². The molecule has 0 aromatic carbocycles. The van der Waals surface area contributed by atoms with Crippen LogP contribution in [0.3, 0.4) is 0 Å².